The number of nitrogens with one attached hydrogen (secondary N) is 1. The van der Waals surface area contributed by atoms with Gasteiger partial charge in [0.2, 0.25) is 0 Å². The SMILES string of the molecule is CCCS(=O)(=O)c1ccccc1NCCOCC. The van der Waals surface area contributed by atoms with E-state index in [1.54, 1.807) is 18.2 Å². The number of benzene rings is 1. The van der Waals surface area contributed by atoms with Crippen LogP contribution in [0, 0.1) is 0 Å². The Labute approximate surface area is 109 Å². The molecule has 1 aromatic rings. The fourth-order valence-electron chi connectivity index (χ4n) is 1.66. The van der Waals surface area contributed by atoms with Crippen molar-refractivity contribution >= 4 is 15.5 Å². The average Bonchev–Trinajstić information content (AvgIpc) is 2.35. The summed E-state index contributed by atoms with van der Waals surface area (Å²) in [6.07, 6.45) is 0.621. The summed E-state index contributed by atoms with van der Waals surface area (Å²) in [5.41, 5.74) is 0.658. The zero-order chi connectivity index (χ0) is 13.4. The van der Waals surface area contributed by atoms with Gasteiger partial charge in [-0.25, -0.2) is 8.42 Å². The van der Waals surface area contributed by atoms with E-state index >= 15 is 0 Å². The monoisotopic (exact) mass is 271 g/mol. The zero-order valence-corrected chi connectivity index (χ0v) is 11.8. The summed E-state index contributed by atoms with van der Waals surface area (Å²) in [6, 6.07) is 7.01. The Hall–Kier alpha value is -1.07. The third-order valence-electron chi connectivity index (χ3n) is 2.46. The van der Waals surface area contributed by atoms with Gasteiger partial charge in [-0.2, -0.15) is 0 Å². The molecule has 0 saturated heterocycles. The van der Waals surface area contributed by atoms with Gasteiger partial charge in [0, 0.05) is 13.2 Å². The van der Waals surface area contributed by atoms with Crippen LogP contribution in [-0.4, -0.2) is 33.9 Å². The van der Waals surface area contributed by atoms with Gasteiger partial charge in [-0.05, 0) is 25.5 Å². The molecule has 0 radical (unpaired) electrons. The molecule has 0 aliphatic rings. The third kappa shape index (κ3) is 4.31. The van der Waals surface area contributed by atoms with E-state index in [1.807, 2.05) is 19.9 Å². The van der Waals surface area contributed by atoms with Crippen LogP contribution in [0.2, 0.25) is 0 Å². The summed E-state index contributed by atoms with van der Waals surface area (Å²) in [4.78, 5) is 0.378. The van der Waals surface area contributed by atoms with Crippen LogP contribution in [0.1, 0.15) is 20.3 Å². The molecule has 5 heteroatoms. The van der Waals surface area contributed by atoms with E-state index in [0.29, 0.717) is 36.8 Å². The summed E-state index contributed by atoms with van der Waals surface area (Å²) in [7, 11) is -3.19. The number of para-hydroxylation sites is 1. The Bertz CT molecular complexity index is 457. The van der Waals surface area contributed by atoms with Gasteiger partial charge in [0.1, 0.15) is 0 Å². The lowest BCUT2D eigenvalue weighted by Gasteiger charge is -2.12. The number of rotatable bonds is 8. The molecule has 0 bridgehead atoms. The fourth-order valence-corrected chi connectivity index (χ4v) is 3.18. The first-order chi connectivity index (χ1) is 8.61. The Morgan fingerprint density at radius 1 is 1.22 bits per heavy atom. The number of ether oxygens (including phenoxy) is 1. The van der Waals surface area contributed by atoms with Crippen molar-refractivity contribution in [1.29, 1.82) is 0 Å². The first-order valence-corrected chi connectivity index (χ1v) is 7.90. The van der Waals surface area contributed by atoms with Crippen LogP contribution < -0.4 is 5.32 Å². The first kappa shape index (κ1) is 15.0. The topological polar surface area (TPSA) is 55.4 Å². The van der Waals surface area contributed by atoms with Crippen molar-refractivity contribution in [2.45, 2.75) is 25.2 Å². The summed E-state index contributed by atoms with van der Waals surface area (Å²) in [5.74, 6) is 0.178. The Kier molecular flexibility index (Phi) is 6.15. The Balaban J connectivity index is 2.80. The highest BCUT2D eigenvalue weighted by atomic mass is 32.2. The number of hydrogen-bond donors (Lipinski definition) is 1. The second-order valence-corrected chi connectivity index (χ2v) is 6.02. The molecule has 0 amide bonds. The second-order valence-electron chi connectivity index (χ2n) is 3.94. The maximum Gasteiger partial charge on any atom is 0.180 e. The molecule has 0 spiro atoms. The highest BCUT2D eigenvalue weighted by Crippen LogP contribution is 2.22. The molecule has 0 unspecified atom stereocenters. The van der Waals surface area contributed by atoms with Gasteiger partial charge >= 0.3 is 0 Å². The van der Waals surface area contributed by atoms with E-state index in [1.165, 1.54) is 0 Å². The maximum absolute atomic E-state index is 12.1. The molecular formula is C13H21NO3S. The number of anilines is 1. The predicted octanol–water partition coefficient (Wildman–Crippen LogP) is 2.32. The maximum atomic E-state index is 12.1. The Morgan fingerprint density at radius 3 is 2.61 bits per heavy atom. The van der Waals surface area contributed by atoms with E-state index in [-0.39, 0.29) is 5.75 Å². The van der Waals surface area contributed by atoms with Gasteiger partial charge in [0.15, 0.2) is 9.84 Å². The van der Waals surface area contributed by atoms with Crippen molar-refractivity contribution in [2.75, 3.05) is 30.8 Å². The quantitative estimate of drug-likeness (QED) is 0.737. The van der Waals surface area contributed by atoms with Crippen molar-refractivity contribution in [3.8, 4) is 0 Å². The van der Waals surface area contributed by atoms with Crippen LogP contribution in [0.4, 0.5) is 5.69 Å². The smallest absolute Gasteiger partial charge is 0.180 e. The van der Waals surface area contributed by atoms with Crippen LogP contribution in [0.3, 0.4) is 0 Å². The van der Waals surface area contributed by atoms with Crippen LogP contribution in [0.15, 0.2) is 29.2 Å². The molecule has 102 valence electrons. The van der Waals surface area contributed by atoms with E-state index < -0.39 is 9.84 Å². The lowest BCUT2D eigenvalue weighted by molar-refractivity contribution is 0.158. The second kappa shape index (κ2) is 7.38. The minimum atomic E-state index is -3.19. The molecule has 1 rings (SSSR count). The number of sulfone groups is 1. The molecule has 0 saturated carbocycles. The molecule has 0 aliphatic carbocycles. The van der Waals surface area contributed by atoms with Gasteiger partial charge in [-0.3, -0.25) is 0 Å². The molecule has 0 atom stereocenters. The molecule has 0 aromatic heterocycles. The highest BCUT2D eigenvalue weighted by Gasteiger charge is 2.16. The molecule has 0 fully saturated rings. The minimum absolute atomic E-state index is 0.178. The molecule has 4 nitrogen and oxygen atoms in total. The van der Waals surface area contributed by atoms with E-state index in [4.69, 9.17) is 4.74 Å². The summed E-state index contributed by atoms with van der Waals surface area (Å²) in [6.45, 7) is 5.63. The fraction of sp³-hybridized carbons (Fsp3) is 0.538. The predicted molar refractivity (Wildman–Crippen MR) is 73.8 cm³/mol. The van der Waals surface area contributed by atoms with E-state index in [2.05, 4.69) is 5.32 Å². The molecular weight excluding hydrogens is 250 g/mol. The van der Waals surface area contributed by atoms with Crippen LogP contribution >= 0.6 is 0 Å². The van der Waals surface area contributed by atoms with E-state index in [0.717, 1.165) is 0 Å². The third-order valence-corrected chi connectivity index (χ3v) is 4.43. The standard InChI is InChI=1S/C13H21NO3S/c1-3-11-18(15,16)13-8-6-5-7-12(13)14-9-10-17-4-2/h5-8,14H,3-4,9-11H2,1-2H3. The van der Waals surface area contributed by atoms with Gasteiger partial charge in [0.25, 0.3) is 0 Å². The van der Waals surface area contributed by atoms with Gasteiger partial charge in [-0.1, -0.05) is 19.1 Å². The molecule has 0 aliphatic heterocycles. The molecule has 0 heterocycles. The zero-order valence-electron chi connectivity index (χ0n) is 11.0. The van der Waals surface area contributed by atoms with Crippen molar-refractivity contribution in [2.24, 2.45) is 0 Å². The average molecular weight is 271 g/mol. The summed E-state index contributed by atoms with van der Waals surface area (Å²) < 4.78 is 29.4. The summed E-state index contributed by atoms with van der Waals surface area (Å²) >= 11 is 0. The summed E-state index contributed by atoms with van der Waals surface area (Å²) in [5, 5.41) is 3.11. The van der Waals surface area contributed by atoms with Crippen LogP contribution in [0.5, 0.6) is 0 Å². The van der Waals surface area contributed by atoms with Gasteiger partial charge < -0.3 is 10.1 Å². The molecule has 18 heavy (non-hydrogen) atoms. The van der Waals surface area contributed by atoms with Crippen LogP contribution in [-0.2, 0) is 14.6 Å². The van der Waals surface area contributed by atoms with Crippen molar-refractivity contribution in [3.63, 3.8) is 0 Å². The van der Waals surface area contributed by atoms with Crippen molar-refractivity contribution in [3.05, 3.63) is 24.3 Å². The molecule has 1 aromatic carbocycles. The number of hydrogen-bond acceptors (Lipinski definition) is 4. The van der Waals surface area contributed by atoms with Crippen LogP contribution in [0.25, 0.3) is 0 Å². The van der Waals surface area contributed by atoms with Crippen molar-refractivity contribution in [1.82, 2.24) is 0 Å². The lowest BCUT2D eigenvalue weighted by atomic mass is 10.3. The first-order valence-electron chi connectivity index (χ1n) is 6.25. The largest absolute Gasteiger partial charge is 0.382 e. The van der Waals surface area contributed by atoms with Crippen molar-refractivity contribution < 1.29 is 13.2 Å². The normalized spacial score (nSPS) is 11.4. The lowest BCUT2D eigenvalue weighted by Crippen LogP contribution is -2.13. The van der Waals surface area contributed by atoms with Gasteiger partial charge in [0.05, 0.1) is 22.9 Å². The minimum Gasteiger partial charge on any atom is -0.382 e. The molecule has 1 N–H and O–H groups in total. The van der Waals surface area contributed by atoms with E-state index in [9.17, 15) is 8.42 Å². The Morgan fingerprint density at radius 2 is 1.94 bits per heavy atom. The highest BCUT2D eigenvalue weighted by molar-refractivity contribution is 7.91. The van der Waals surface area contributed by atoms with Gasteiger partial charge in [-0.15, -0.1) is 0 Å².